The van der Waals surface area contributed by atoms with Crippen LogP contribution in [0.4, 0.5) is 0 Å². The normalized spacial score (nSPS) is 17.8. The fraction of sp³-hybridized carbons (Fsp3) is 0.333. The third-order valence-corrected chi connectivity index (χ3v) is 6.56. The number of sulfonamides is 1. The summed E-state index contributed by atoms with van der Waals surface area (Å²) in [4.78, 5) is -0.657. The monoisotopic (exact) mass is 335 g/mol. The van der Waals surface area contributed by atoms with E-state index in [0.717, 1.165) is 5.57 Å². The molecule has 0 N–H and O–H groups in total. The Hall–Kier alpha value is -0.890. The van der Waals surface area contributed by atoms with E-state index >= 15 is 0 Å². The molecule has 1 aliphatic heterocycles. The Morgan fingerprint density at radius 2 is 1.70 bits per heavy atom. The molecule has 0 amide bonds. The Kier molecular flexibility index (Phi) is 4.24. The third kappa shape index (κ3) is 3.06. The summed E-state index contributed by atoms with van der Waals surface area (Å²) in [5.41, 5.74) is 1.12. The first-order valence-corrected chi connectivity index (χ1v) is 9.67. The third-order valence-electron chi connectivity index (χ3n) is 3.13. The molecular weight excluding hydrogens is 322 g/mol. The van der Waals surface area contributed by atoms with Crippen LogP contribution >= 0.6 is 10.7 Å². The van der Waals surface area contributed by atoms with Crippen LogP contribution in [0.3, 0.4) is 0 Å². The van der Waals surface area contributed by atoms with Crippen molar-refractivity contribution in [3.8, 4) is 0 Å². The van der Waals surface area contributed by atoms with Crippen molar-refractivity contribution in [2.24, 2.45) is 0 Å². The van der Waals surface area contributed by atoms with E-state index in [2.05, 4.69) is 0 Å². The van der Waals surface area contributed by atoms with Crippen LogP contribution < -0.4 is 0 Å². The average Bonchev–Trinajstić information content (AvgIpc) is 2.38. The molecular formula is C12H14ClNO4S2. The van der Waals surface area contributed by atoms with Gasteiger partial charge in [0.15, 0.2) is 0 Å². The molecule has 0 bridgehead atoms. The molecule has 0 fully saturated rings. The zero-order valence-corrected chi connectivity index (χ0v) is 13.2. The fourth-order valence-corrected chi connectivity index (χ4v) is 5.16. The number of halogens is 1. The number of rotatable bonds is 3. The van der Waals surface area contributed by atoms with E-state index in [9.17, 15) is 16.8 Å². The van der Waals surface area contributed by atoms with Gasteiger partial charge in [-0.1, -0.05) is 23.8 Å². The van der Waals surface area contributed by atoms with Gasteiger partial charge in [-0.3, -0.25) is 0 Å². The molecule has 5 nitrogen and oxygen atoms in total. The molecule has 1 aromatic rings. The quantitative estimate of drug-likeness (QED) is 0.625. The van der Waals surface area contributed by atoms with Crippen LogP contribution in [-0.4, -0.2) is 34.2 Å². The lowest BCUT2D eigenvalue weighted by Gasteiger charge is -2.25. The molecule has 0 unspecified atom stereocenters. The lowest BCUT2D eigenvalue weighted by Crippen LogP contribution is -2.35. The second kappa shape index (κ2) is 5.48. The Balaban J connectivity index is 2.51. The van der Waals surface area contributed by atoms with Gasteiger partial charge < -0.3 is 0 Å². The van der Waals surface area contributed by atoms with Crippen LogP contribution in [0, 0.1) is 0 Å². The first kappa shape index (κ1) is 15.5. The number of hydrogen-bond donors (Lipinski definition) is 0. The molecule has 0 atom stereocenters. The van der Waals surface area contributed by atoms with Gasteiger partial charge in [0, 0.05) is 23.8 Å². The van der Waals surface area contributed by atoms with E-state index in [1.165, 1.54) is 28.6 Å². The molecule has 110 valence electrons. The van der Waals surface area contributed by atoms with Crippen LogP contribution in [0.15, 0.2) is 45.7 Å². The van der Waals surface area contributed by atoms with E-state index in [1.54, 1.807) is 0 Å². The minimum Gasteiger partial charge on any atom is -0.207 e. The average molecular weight is 336 g/mol. The topological polar surface area (TPSA) is 71.5 Å². The first-order chi connectivity index (χ1) is 9.23. The summed E-state index contributed by atoms with van der Waals surface area (Å²) in [6.45, 7) is 2.51. The van der Waals surface area contributed by atoms with Crippen molar-refractivity contribution >= 4 is 29.8 Å². The zero-order valence-electron chi connectivity index (χ0n) is 10.8. The summed E-state index contributed by atoms with van der Waals surface area (Å²) < 4.78 is 49.3. The zero-order chi connectivity index (χ0) is 15.0. The van der Waals surface area contributed by atoms with Crippen molar-refractivity contribution in [3.63, 3.8) is 0 Å². The second-order valence-electron chi connectivity index (χ2n) is 4.55. The second-order valence-corrected chi connectivity index (χ2v) is 8.99. The van der Waals surface area contributed by atoms with Gasteiger partial charge in [0.1, 0.15) is 9.79 Å². The van der Waals surface area contributed by atoms with E-state index in [1.807, 2.05) is 13.0 Å². The van der Waals surface area contributed by atoms with E-state index in [4.69, 9.17) is 10.7 Å². The lowest BCUT2D eigenvalue weighted by atomic mass is 10.1. The van der Waals surface area contributed by atoms with Gasteiger partial charge in [-0.25, -0.2) is 16.8 Å². The SMILES string of the molecule is CC1=CCN(S(=O)(=O)c2ccccc2S(=O)(=O)Cl)CC1. The summed E-state index contributed by atoms with van der Waals surface area (Å²) in [5.74, 6) is 0. The van der Waals surface area contributed by atoms with E-state index < -0.39 is 19.1 Å². The highest BCUT2D eigenvalue weighted by molar-refractivity contribution is 8.14. The highest BCUT2D eigenvalue weighted by Gasteiger charge is 2.30. The maximum atomic E-state index is 12.5. The van der Waals surface area contributed by atoms with Crippen LogP contribution in [0.25, 0.3) is 0 Å². The van der Waals surface area contributed by atoms with Gasteiger partial charge >= 0.3 is 0 Å². The van der Waals surface area contributed by atoms with Crippen molar-refractivity contribution in [2.75, 3.05) is 13.1 Å². The van der Waals surface area contributed by atoms with Gasteiger partial charge in [0.2, 0.25) is 10.0 Å². The van der Waals surface area contributed by atoms with Gasteiger partial charge in [-0.15, -0.1) is 0 Å². The summed E-state index contributed by atoms with van der Waals surface area (Å²) in [6.07, 6.45) is 2.45. The van der Waals surface area contributed by atoms with Gasteiger partial charge in [-0.05, 0) is 25.5 Å². The maximum Gasteiger partial charge on any atom is 0.262 e. The molecule has 1 aliphatic rings. The van der Waals surface area contributed by atoms with Crippen LogP contribution in [0.5, 0.6) is 0 Å². The van der Waals surface area contributed by atoms with Crippen molar-refractivity contribution < 1.29 is 16.8 Å². The Bertz CT molecular complexity index is 753. The summed E-state index contributed by atoms with van der Waals surface area (Å²) in [6, 6.07) is 5.37. The molecule has 1 heterocycles. The smallest absolute Gasteiger partial charge is 0.207 e. The Labute approximate surface area is 123 Å². The molecule has 0 saturated carbocycles. The Morgan fingerprint density at radius 1 is 1.10 bits per heavy atom. The first-order valence-electron chi connectivity index (χ1n) is 5.92. The predicted octanol–water partition coefficient (Wildman–Crippen LogP) is 1.95. The molecule has 1 aromatic carbocycles. The maximum absolute atomic E-state index is 12.5. The number of hydrogen-bond acceptors (Lipinski definition) is 4. The summed E-state index contributed by atoms with van der Waals surface area (Å²) in [5, 5.41) is 0. The molecule has 20 heavy (non-hydrogen) atoms. The molecule has 8 heteroatoms. The summed E-state index contributed by atoms with van der Waals surface area (Å²) in [7, 11) is -2.68. The highest BCUT2D eigenvalue weighted by atomic mass is 35.7. The van der Waals surface area contributed by atoms with Crippen molar-refractivity contribution in [1.82, 2.24) is 4.31 Å². The standard InChI is InChI=1S/C12H14ClNO4S2/c1-10-6-8-14(9-7-10)20(17,18)12-5-3-2-4-11(12)19(13,15)16/h2-6H,7-9H2,1H3. The van der Waals surface area contributed by atoms with Crippen molar-refractivity contribution in [1.29, 1.82) is 0 Å². The molecule has 0 saturated heterocycles. The number of nitrogens with zero attached hydrogens (tertiary/aromatic N) is 1. The van der Waals surface area contributed by atoms with Gasteiger partial charge in [0.05, 0.1) is 0 Å². The summed E-state index contributed by atoms with van der Waals surface area (Å²) >= 11 is 0. The largest absolute Gasteiger partial charge is 0.262 e. The van der Waals surface area contributed by atoms with Gasteiger partial charge in [-0.2, -0.15) is 4.31 Å². The highest BCUT2D eigenvalue weighted by Crippen LogP contribution is 2.28. The number of benzene rings is 1. The van der Waals surface area contributed by atoms with E-state index in [-0.39, 0.29) is 16.3 Å². The van der Waals surface area contributed by atoms with Crippen LogP contribution in [0.2, 0.25) is 0 Å². The minimum atomic E-state index is -4.12. The molecule has 0 radical (unpaired) electrons. The molecule has 2 rings (SSSR count). The molecule has 0 aliphatic carbocycles. The molecule has 0 spiro atoms. The molecule has 0 aromatic heterocycles. The Morgan fingerprint density at radius 3 is 2.20 bits per heavy atom. The minimum absolute atomic E-state index is 0.241. The lowest BCUT2D eigenvalue weighted by molar-refractivity contribution is 0.430. The fourth-order valence-electron chi connectivity index (χ4n) is 1.97. The van der Waals surface area contributed by atoms with Crippen LogP contribution in [0.1, 0.15) is 13.3 Å². The van der Waals surface area contributed by atoms with Gasteiger partial charge in [0.25, 0.3) is 9.05 Å². The predicted molar refractivity (Wildman–Crippen MR) is 76.6 cm³/mol. The van der Waals surface area contributed by atoms with Crippen LogP contribution in [-0.2, 0) is 19.1 Å². The van der Waals surface area contributed by atoms with E-state index in [0.29, 0.717) is 13.0 Å². The van der Waals surface area contributed by atoms with Crippen molar-refractivity contribution in [3.05, 3.63) is 35.9 Å². The van der Waals surface area contributed by atoms with Crippen molar-refractivity contribution in [2.45, 2.75) is 23.1 Å².